The van der Waals surface area contributed by atoms with Crippen LogP contribution in [0.2, 0.25) is 0 Å². The Kier molecular flexibility index (Phi) is 4.20. The van der Waals surface area contributed by atoms with Gasteiger partial charge in [0.25, 0.3) is 0 Å². The molecule has 0 bridgehead atoms. The summed E-state index contributed by atoms with van der Waals surface area (Å²) in [4.78, 5) is 0. The van der Waals surface area contributed by atoms with Crippen LogP contribution in [0.4, 0.5) is 0 Å². The summed E-state index contributed by atoms with van der Waals surface area (Å²) in [5.41, 5.74) is 1.16. The predicted octanol–water partition coefficient (Wildman–Crippen LogP) is 2.16. The smallest absolute Gasteiger partial charge is 0.115 e. The second kappa shape index (κ2) is 5.87. The van der Waals surface area contributed by atoms with Crippen molar-refractivity contribution in [1.29, 1.82) is 0 Å². The van der Waals surface area contributed by atoms with Crippen LogP contribution in [-0.2, 0) is 11.8 Å². The Morgan fingerprint density at radius 2 is 2.47 bits per heavy atom. The summed E-state index contributed by atoms with van der Waals surface area (Å²) < 4.78 is 7.68. The molecule has 0 aliphatic carbocycles. The molecule has 0 amide bonds. The lowest BCUT2D eigenvalue weighted by molar-refractivity contribution is 0.165. The lowest BCUT2D eigenvalue weighted by Crippen LogP contribution is -2.28. The molecule has 94 valence electrons. The van der Waals surface area contributed by atoms with Gasteiger partial charge >= 0.3 is 0 Å². The summed E-state index contributed by atoms with van der Waals surface area (Å²) in [7, 11) is 1.97. The van der Waals surface area contributed by atoms with Gasteiger partial charge in [-0.05, 0) is 37.9 Å². The minimum Gasteiger partial charge on any atom is -0.496 e. The number of rotatable bonds is 5. The summed E-state index contributed by atoms with van der Waals surface area (Å²) in [6, 6.07) is 2.19. The van der Waals surface area contributed by atoms with E-state index in [-0.39, 0.29) is 6.04 Å². The van der Waals surface area contributed by atoms with Crippen LogP contribution < -0.4 is 5.32 Å². The molecule has 17 heavy (non-hydrogen) atoms. The Hall–Kier alpha value is -1.29. The van der Waals surface area contributed by atoms with Gasteiger partial charge in [-0.15, -0.1) is 0 Å². The van der Waals surface area contributed by atoms with Crippen molar-refractivity contribution in [3.8, 4) is 0 Å². The van der Waals surface area contributed by atoms with E-state index in [9.17, 15) is 0 Å². The first-order valence-electron chi connectivity index (χ1n) is 6.37. The van der Waals surface area contributed by atoms with Crippen molar-refractivity contribution < 1.29 is 4.74 Å². The maximum atomic E-state index is 5.77. The van der Waals surface area contributed by atoms with E-state index >= 15 is 0 Å². The summed E-state index contributed by atoms with van der Waals surface area (Å²) in [6.07, 6.45) is 7.37. The van der Waals surface area contributed by atoms with E-state index in [0.717, 1.165) is 43.9 Å². The van der Waals surface area contributed by atoms with Gasteiger partial charge in [0.15, 0.2) is 0 Å². The zero-order valence-corrected chi connectivity index (χ0v) is 10.6. The predicted molar refractivity (Wildman–Crippen MR) is 67.5 cm³/mol. The zero-order valence-electron chi connectivity index (χ0n) is 10.6. The van der Waals surface area contributed by atoms with Crippen molar-refractivity contribution >= 4 is 0 Å². The van der Waals surface area contributed by atoms with Crippen LogP contribution in [0.15, 0.2) is 24.1 Å². The summed E-state index contributed by atoms with van der Waals surface area (Å²) in [5.74, 6) is 1.05. The van der Waals surface area contributed by atoms with Crippen molar-refractivity contribution in [2.45, 2.75) is 32.2 Å². The van der Waals surface area contributed by atoms with Crippen LogP contribution in [0.1, 0.15) is 37.9 Å². The molecule has 0 saturated carbocycles. The van der Waals surface area contributed by atoms with Crippen molar-refractivity contribution in [1.82, 2.24) is 15.1 Å². The molecule has 2 rings (SSSR count). The zero-order chi connectivity index (χ0) is 12.1. The lowest BCUT2D eigenvalue weighted by Gasteiger charge is -2.24. The SMILES string of the molecule is CCCNC(C1=CCCCO1)c1ccnn1C. The number of nitrogens with zero attached hydrogens (tertiary/aromatic N) is 2. The van der Waals surface area contributed by atoms with Crippen molar-refractivity contribution in [3.63, 3.8) is 0 Å². The van der Waals surface area contributed by atoms with Crippen LogP contribution in [0.3, 0.4) is 0 Å². The molecule has 1 atom stereocenters. The van der Waals surface area contributed by atoms with Gasteiger partial charge in [-0.1, -0.05) is 6.92 Å². The molecule has 0 spiro atoms. The minimum absolute atomic E-state index is 0.141. The molecule has 1 aliphatic heterocycles. The second-order valence-electron chi connectivity index (χ2n) is 4.36. The number of aromatic nitrogens is 2. The molecule has 1 unspecified atom stereocenters. The first-order valence-corrected chi connectivity index (χ1v) is 6.37. The summed E-state index contributed by atoms with van der Waals surface area (Å²) in [6.45, 7) is 3.98. The maximum absolute atomic E-state index is 5.77. The summed E-state index contributed by atoms with van der Waals surface area (Å²) in [5, 5.41) is 7.76. The molecule has 1 aromatic heterocycles. The van der Waals surface area contributed by atoms with E-state index < -0.39 is 0 Å². The Morgan fingerprint density at radius 1 is 1.59 bits per heavy atom. The second-order valence-corrected chi connectivity index (χ2v) is 4.36. The fraction of sp³-hybridized carbons (Fsp3) is 0.615. The lowest BCUT2D eigenvalue weighted by atomic mass is 10.1. The van der Waals surface area contributed by atoms with Gasteiger partial charge in [-0.3, -0.25) is 4.68 Å². The number of nitrogens with one attached hydrogen (secondary N) is 1. The quantitative estimate of drug-likeness (QED) is 0.850. The van der Waals surface area contributed by atoms with Crippen molar-refractivity contribution in [2.24, 2.45) is 7.05 Å². The largest absolute Gasteiger partial charge is 0.496 e. The number of hydrogen-bond donors (Lipinski definition) is 1. The molecule has 2 heterocycles. The molecule has 0 aromatic carbocycles. The molecule has 1 N–H and O–H groups in total. The third-order valence-corrected chi connectivity index (χ3v) is 3.00. The number of ether oxygens (including phenoxy) is 1. The van der Waals surface area contributed by atoms with E-state index in [0.29, 0.717) is 0 Å². The monoisotopic (exact) mass is 235 g/mol. The Balaban J connectivity index is 2.18. The van der Waals surface area contributed by atoms with Crippen molar-refractivity contribution in [3.05, 3.63) is 29.8 Å². The van der Waals surface area contributed by atoms with Crippen LogP contribution in [0.25, 0.3) is 0 Å². The van der Waals surface area contributed by atoms with E-state index in [1.54, 1.807) is 0 Å². The Bertz CT molecular complexity index is 384. The molecule has 1 aromatic rings. The fourth-order valence-electron chi connectivity index (χ4n) is 2.08. The molecular weight excluding hydrogens is 214 g/mol. The Morgan fingerprint density at radius 3 is 3.06 bits per heavy atom. The average Bonchev–Trinajstić information content (AvgIpc) is 2.78. The van der Waals surface area contributed by atoms with E-state index in [1.807, 2.05) is 24.0 Å². The van der Waals surface area contributed by atoms with E-state index in [4.69, 9.17) is 4.74 Å². The standard InChI is InChI=1S/C13H21N3O/c1-3-8-14-13(11-7-9-15-16(11)2)12-6-4-5-10-17-12/h6-7,9,13-14H,3-5,8,10H2,1-2H3. The highest BCUT2D eigenvalue weighted by Crippen LogP contribution is 2.25. The van der Waals surface area contributed by atoms with Gasteiger partial charge in [0.05, 0.1) is 12.3 Å². The molecule has 0 fully saturated rings. The molecular formula is C13H21N3O. The van der Waals surface area contributed by atoms with Gasteiger partial charge in [0.2, 0.25) is 0 Å². The van der Waals surface area contributed by atoms with Gasteiger partial charge in [-0.2, -0.15) is 5.10 Å². The third-order valence-electron chi connectivity index (χ3n) is 3.00. The third kappa shape index (κ3) is 2.88. The van der Waals surface area contributed by atoms with Gasteiger partial charge in [-0.25, -0.2) is 0 Å². The first kappa shape index (κ1) is 12.2. The minimum atomic E-state index is 0.141. The highest BCUT2D eigenvalue weighted by molar-refractivity contribution is 5.19. The highest BCUT2D eigenvalue weighted by Gasteiger charge is 2.21. The maximum Gasteiger partial charge on any atom is 0.115 e. The fourth-order valence-corrected chi connectivity index (χ4v) is 2.08. The van der Waals surface area contributed by atoms with Crippen LogP contribution >= 0.6 is 0 Å². The normalized spacial score (nSPS) is 17.4. The van der Waals surface area contributed by atoms with E-state index in [1.165, 1.54) is 0 Å². The molecule has 0 saturated heterocycles. The number of aryl methyl sites for hydroxylation is 1. The topological polar surface area (TPSA) is 39.1 Å². The Labute approximate surface area is 103 Å². The van der Waals surface area contributed by atoms with Crippen LogP contribution in [0.5, 0.6) is 0 Å². The van der Waals surface area contributed by atoms with Crippen LogP contribution in [0, 0.1) is 0 Å². The molecule has 0 radical (unpaired) electrons. The number of allylic oxidation sites excluding steroid dienone is 1. The molecule has 4 nitrogen and oxygen atoms in total. The summed E-state index contributed by atoms with van der Waals surface area (Å²) >= 11 is 0. The highest BCUT2D eigenvalue weighted by atomic mass is 16.5. The molecule has 1 aliphatic rings. The number of hydrogen-bond acceptors (Lipinski definition) is 3. The first-order chi connectivity index (χ1) is 8.33. The van der Waals surface area contributed by atoms with E-state index in [2.05, 4.69) is 23.4 Å². The average molecular weight is 235 g/mol. The van der Waals surface area contributed by atoms with Crippen LogP contribution in [-0.4, -0.2) is 22.9 Å². The van der Waals surface area contributed by atoms with Gasteiger partial charge in [0.1, 0.15) is 11.8 Å². The van der Waals surface area contributed by atoms with Crippen molar-refractivity contribution in [2.75, 3.05) is 13.2 Å². The van der Waals surface area contributed by atoms with Gasteiger partial charge in [0, 0.05) is 13.2 Å². The molecule has 4 heteroatoms. The van der Waals surface area contributed by atoms with Gasteiger partial charge < -0.3 is 10.1 Å².